The first-order valence-corrected chi connectivity index (χ1v) is 7.73. The van der Waals surface area contributed by atoms with Crippen LogP contribution in [0, 0.1) is 0 Å². The number of nitrogens with zero attached hydrogens (tertiary/aromatic N) is 1. The van der Waals surface area contributed by atoms with E-state index in [1.807, 2.05) is 0 Å². The number of nitrogens with one attached hydrogen (secondary N) is 1. The van der Waals surface area contributed by atoms with Crippen LogP contribution >= 0.6 is 0 Å². The summed E-state index contributed by atoms with van der Waals surface area (Å²) < 4.78 is 63.2. The van der Waals surface area contributed by atoms with Crippen molar-refractivity contribution in [3.05, 3.63) is 0 Å². The smallest absolute Gasteiger partial charge is 0.329 e. The van der Waals surface area contributed by atoms with Crippen LogP contribution in [0.1, 0.15) is 32.1 Å². The zero-order valence-corrected chi connectivity index (χ0v) is 11.4. The van der Waals surface area contributed by atoms with Crippen LogP contribution < -0.4 is 10.5 Å². The van der Waals surface area contributed by atoms with Gasteiger partial charge in [0.15, 0.2) is 0 Å². The van der Waals surface area contributed by atoms with Crippen LogP contribution in [0.5, 0.6) is 0 Å². The second-order valence-electron chi connectivity index (χ2n) is 4.61. The maximum Gasteiger partial charge on any atom is 0.389 e. The fraction of sp³-hybridized carbons (Fsp3) is 1.00. The second-order valence-corrected chi connectivity index (χ2v) is 6.32. The Kier molecular flexibility index (Phi) is 6.03. The highest BCUT2D eigenvalue weighted by Crippen LogP contribution is 2.21. The normalized spacial score (nSPS) is 22.6. The van der Waals surface area contributed by atoms with Gasteiger partial charge in [0.25, 0.3) is 10.2 Å². The van der Waals surface area contributed by atoms with Crippen LogP contribution in [-0.2, 0) is 10.2 Å². The predicted octanol–water partition coefficient (Wildman–Crippen LogP) is 0.976. The van der Waals surface area contributed by atoms with E-state index >= 15 is 0 Å². The van der Waals surface area contributed by atoms with E-state index in [1.165, 1.54) is 4.31 Å². The molecule has 0 aromatic carbocycles. The molecule has 0 radical (unpaired) electrons. The maximum absolute atomic E-state index is 12.0. The molecule has 1 atom stereocenters. The summed E-state index contributed by atoms with van der Waals surface area (Å²) in [6.07, 6.45) is -3.14. The molecular weight excluding hydrogens is 283 g/mol. The molecule has 1 aliphatic heterocycles. The Morgan fingerprint density at radius 1 is 1.32 bits per heavy atom. The van der Waals surface area contributed by atoms with Gasteiger partial charge in [-0.1, -0.05) is 6.42 Å². The van der Waals surface area contributed by atoms with E-state index in [-0.39, 0.29) is 25.6 Å². The molecule has 1 unspecified atom stereocenters. The zero-order valence-electron chi connectivity index (χ0n) is 10.6. The van der Waals surface area contributed by atoms with Crippen molar-refractivity contribution in [1.82, 2.24) is 9.03 Å². The zero-order chi connectivity index (χ0) is 14.5. The highest BCUT2D eigenvalue weighted by Gasteiger charge is 2.31. The molecule has 0 amide bonds. The van der Waals surface area contributed by atoms with E-state index in [1.54, 1.807) is 0 Å². The van der Waals surface area contributed by atoms with E-state index < -0.39 is 22.8 Å². The Bertz CT molecular complexity index is 373. The molecule has 1 heterocycles. The lowest BCUT2D eigenvalue weighted by molar-refractivity contribution is -0.135. The summed E-state index contributed by atoms with van der Waals surface area (Å²) in [6.45, 7) is 0.384. The van der Waals surface area contributed by atoms with Crippen molar-refractivity contribution < 1.29 is 21.6 Å². The van der Waals surface area contributed by atoms with Crippen molar-refractivity contribution in [2.24, 2.45) is 5.73 Å². The topological polar surface area (TPSA) is 75.4 Å². The Hall–Kier alpha value is -0.380. The van der Waals surface area contributed by atoms with Crippen LogP contribution in [0.15, 0.2) is 0 Å². The van der Waals surface area contributed by atoms with Gasteiger partial charge in [0.1, 0.15) is 0 Å². The van der Waals surface area contributed by atoms with Crippen LogP contribution in [0.2, 0.25) is 0 Å². The molecule has 9 heteroatoms. The van der Waals surface area contributed by atoms with Crippen molar-refractivity contribution in [1.29, 1.82) is 0 Å². The van der Waals surface area contributed by atoms with Gasteiger partial charge in [0.05, 0.1) is 0 Å². The van der Waals surface area contributed by atoms with Crippen LogP contribution in [-0.4, -0.2) is 44.6 Å². The monoisotopic (exact) mass is 303 g/mol. The van der Waals surface area contributed by atoms with Crippen molar-refractivity contribution in [2.45, 2.75) is 44.3 Å². The number of halogens is 3. The maximum atomic E-state index is 12.0. The summed E-state index contributed by atoms with van der Waals surface area (Å²) in [6, 6.07) is -0.256. The Labute approximate surface area is 111 Å². The molecule has 0 spiro atoms. The average molecular weight is 303 g/mol. The second kappa shape index (κ2) is 6.87. The molecule has 0 aromatic rings. The van der Waals surface area contributed by atoms with Crippen molar-refractivity contribution in [3.63, 3.8) is 0 Å². The lowest BCUT2D eigenvalue weighted by Crippen LogP contribution is -2.51. The molecule has 0 aromatic heterocycles. The minimum atomic E-state index is -4.25. The molecule has 5 nitrogen and oxygen atoms in total. The molecule has 114 valence electrons. The third-order valence-corrected chi connectivity index (χ3v) is 4.74. The SMILES string of the molecule is NCC1CCCCN1S(=O)(=O)NCCCC(F)(F)F. The summed E-state index contributed by atoms with van der Waals surface area (Å²) in [5, 5.41) is 0. The molecule has 1 fully saturated rings. The molecule has 0 aliphatic carbocycles. The summed E-state index contributed by atoms with van der Waals surface area (Å²) >= 11 is 0. The predicted molar refractivity (Wildman–Crippen MR) is 65.6 cm³/mol. The quantitative estimate of drug-likeness (QED) is 0.718. The van der Waals surface area contributed by atoms with E-state index in [4.69, 9.17) is 5.73 Å². The highest BCUT2D eigenvalue weighted by atomic mass is 32.2. The van der Waals surface area contributed by atoms with Gasteiger partial charge in [-0.15, -0.1) is 0 Å². The lowest BCUT2D eigenvalue weighted by atomic mass is 10.1. The number of piperidine rings is 1. The Morgan fingerprint density at radius 2 is 2.00 bits per heavy atom. The minimum Gasteiger partial charge on any atom is -0.329 e. The summed E-state index contributed by atoms with van der Waals surface area (Å²) in [5.74, 6) is 0. The van der Waals surface area contributed by atoms with Crippen LogP contribution in [0.3, 0.4) is 0 Å². The fourth-order valence-electron chi connectivity index (χ4n) is 2.10. The fourth-order valence-corrected chi connectivity index (χ4v) is 3.62. The Balaban J connectivity index is 2.46. The summed E-state index contributed by atoms with van der Waals surface area (Å²) in [4.78, 5) is 0. The van der Waals surface area contributed by atoms with Crippen molar-refractivity contribution in [3.8, 4) is 0 Å². The number of hydrogen-bond acceptors (Lipinski definition) is 3. The standard InChI is InChI=1S/C10H20F3N3O2S/c11-10(12,13)5-3-6-15-19(17,18)16-7-2-1-4-9(16)8-14/h9,15H,1-8,14H2. The van der Waals surface area contributed by atoms with Gasteiger partial charge in [-0.25, -0.2) is 4.72 Å². The molecular formula is C10H20F3N3O2S. The third kappa shape index (κ3) is 5.64. The van der Waals surface area contributed by atoms with Gasteiger partial charge in [-0.05, 0) is 19.3 Å². The van der Waals surface area contributed by atoms with E-state index in [0.717, 1.165) is 12.8 Å². The first-order chi connectivity index (χ1) is 8.76. The highest BCUT2D eigenvalue weighted by molar-refractivity contribution is 7.87. The first kappa shape index (κ1) is 16.7. The molecule has 19 heavy (non-hydrogen) atoms. The van der Waals surface area contributed by atoms with Gasteiger partial charge in [0.2, 0.25) is 0 Å². The molecule has 0 saturated carbocycles. The van der Waals surface area contributed by atoms with Gasteiger partial charge in [-0.2, -0.15) is 25.9 Å². The number of nitrogens with two attached hydrogens (primary N) is 1. The van der Waals surface area contributed by atoms with E-state index in [2.05, 4.69) is 4.72 Å². The molecule has 0 bridgehead atoms. The van der Waals surface area contributed by atoms with Gasteiger partial charge >= 0.3 is 6.18 Å². The number of alkyl halides is 3. The van der Waals surface area contributed by atoms with E-state index in [0.29, 0.717) is 13.0 Å². The third-order valence-electron chi connectivity index (χ3n) is 3.08. The minimum absolute atomic E-state index is 0.213. The average Bonchev–Trinajstić information content (AvgIpc) is 2.33. The van der Waals surface area contributed by atoms with Crippen molar-refractivity contribution in [2.75, 3.05) is 19.6 Å². The van der Waals surface area contributed by atoms with Gasteiger partial charge < -0.3 is 5.73 Å². The number of rotatable bonds is 6. The van der Waals surface area contributed by atoms with Crippen LogP contribution in [0.25, 0.3) is 0 Å². The lowest BCUT2D eigenvalue weighted by Gasteiger charge is -2.33. The van der Waals surface area contributed by atoms with Crippen molar-refractivity contribution >= 4 is 10.2 Å². The molecule has 3 N–H and O–H groups in total. The Morgan fingerprint density at radius 3 is 2.58 bits per heavy atom. The van der Waals surface area contributed by atoms with Gasteiger partial charge in [0, 0.05) is 32.1 Å². The molecule has 1 saturated heterocycles. The molecule has 1 rings (SSSR count). The molecule has 1 aliphatic rings. The first-order valence-electron chi connectivity index (χ1n) is 6.29. The largest absolute Gasteiger partial charge is 0.389 e. The van der Waals surface area contributed by atoms with Gasteiger partial charge in [-0.3, -0.25) is 0 Å². The summed E-state index contributed by atoms with van der Waals surface area (Å²) in [7, 11) is -3.73. The summed E-state index contributed by atoms with van der Waals surface area (Å²) in [5.41, 5.74) is 5.52. The number of hydrogen-bond donors (Lipinski definition) is 2. The van der Waals surface area contributed by atoms with E-state index in [9.17, 15) is 21.6 Å². The van der Waals surface area contributed by atoms with Crippen LogP contribution in [0.4, 0.5) is 13.2 Å².